The first-order valence-corrected chi connectivity index (χ1v) is 21.6. The fourth-order valence-corrected chi connectivity index (χ4v) is 6.54. The molecule has 0 fully saturated rings. The highest BCUT2D eigenvalue weighted by Crippen LogP contribution is 2.43. The van der Waals surface area contributed by atoms with Gasteiger partial charge in [-0.25, -0.2) is 4.57 Å². The third-order valence-corrected chi connectivity index (χ3v) is 9.91. The second-order valence-corrected chi connectivity index (χ2v) is 15.2. The number of hydrogen-bond acceptors (Lipinski definition) is 7. The van der Waals surface area contributed by atoms with Gasteiger partial charge in [0.25, 0.3) is 0 Å². The summed E-state index contributed by atoms with van der Waals surface area (Å²) >= 11 is 0. The second-order valence-electron chi connectivity index (χ2n) is 13.8. The van der Waals surface area contributed by atoms with Crippen LogP contribution < -0.4 is 5.73 Å². The summed E-state index contributed by atoms with van der Waals surface area (Å²) in [6.45, 7) is 5.10. The van der Waals surface area contributed by atoms with Gasteiger partial charge in [0.05, 0.1) is 19.8 Å². The maximum Gasteiger partial charge on any atom is 0.472 e. The highest BCUT2D eigenvalue weighted by molar-refractivity contribution is 7.47. The van der Waals surface area contributed by atoms with E-state index in [0.717, 1.165) is 25.7 Å². The summed E-state index contributed by atoms with van der Waals surface area (Å²) in [6.07, 6.45) is 35.7. The summed E-state index contributed by atoms with van der Waals surface area (Å²) in [7, 11) is -4.47. The third-order valence-electron chi connectivity index (χ3n) is 8.96. The molecule has 288 valence electrons. The number of unbranched alkanes of at least 4 members (excludes halogenated alkanes) is 26. The van der Waals surface area contributed by atoms with Crippen molar-refractivity contribution in [1.29, 1.82) is 0 Å². The summed E-state index contributed by atoms with van der Waals surface area (Å²) in [6, 6.07) is -1.41. The Morgan fingerprint density at radius 1 is 0.542 bits per heavy atom. The van der Waals surface area contributed by atoms with Crippen molar-refractivity contribution in [2.45, 2.75) is 206 Å². The molecule has 0 radical (unpaired) electrons. The first-order chi connectivity index (χ1) is 23.3. The molecule has 1 unspecified atom stereocenters. The van der Waals surface area contributed by atoms with E-state index in [-0.39, 0.29) is 13.2 Å². The van der Waals surface area contributed by atoms with Gasteiger partial charge in [-0.2, -0.15) is 0 Å². The van der Waals surface area contributed by atoms with Gasteiger partial charge >= 0.3 is 13.8 Å². The molecule has 0 saturated heterocycles. The van der Waals surface area contributed by atoms with Crippen LogP contribution in [0.2, 0.25) is 0 Å². The summed E-state index contributed by atoms with van der Waals surface area (Å²) in [5.41, 5.74) is 5.37. The van der Waals surface area contributed by atoms with Gasteiger partial charge in [-0.15, -0.1) is 0 Å². The summed E-state index contributed by atoms with van der Waals surface area (Å²) in [5, 5.41) is 8.87. The van der Waals surface area contributed by atoms with Crippen LogP contribution >= 0.6 is 7.82 Å². The number of hydrogen-bond donors (Lipinski definition) is 3. The number of carboxylic acids is 1. The average Bonchev–Trinajstić information content (AvgIpc) is 3.07. The zero-order valence-electron chi connectivity index (χ0n) is 31.4. The van der Waals surface area contributed by atoms with E-state index in [0.29, 0.717) is 13.2 Å². The summed E-state index contributed by atoms with van der Waals surface area (Å²) in [4.78, 5) is 20.9. The lowest BCUT2D eigenvalue weighted by atomic mass is 10.0. The minimum absolute atomic E-state index is 0.187. The SMILES string of the molecule is CCCCCCCCCCCCCCCCOC[C@H](COP(=O)(O)OC[C@@H](N)C(=O)O)OCCCCCCCCCCCCCCCC. The fourth-order valence-electron chi connectivity index (χ4n) is 5.76. The van der Waals surface area contributed by atoms with Crippen LogP contribution in [0.25, 0.3) is 0 Å². The van der Waals surface area contributed by atoms with Gasteiger partial charge in [-0.05, 0) is 12.8 Å². The lowest BCUT2D eigenvalue weighted by Crippen LogP contribution is -2.34. The van der Waals surface area contributed by atoms with Crippen LogP contribution in [0.4, 0.5) is 0 Å². The standard InChI is InChI=1S/C38H78NO8P/c1-3-5-7-9-11-13-15-17-19-21-23-25-27-29-31-44-33-36(34-46-48(42,43)47-35-37(39)38(40)41)45-32-30-28-26-24-22-20-18-16-14-12-10-8-6-4-2/h36-37H,3-35,39H2,1-2H3,(H,40,41)(H,42,43)/t36-,37-/m1/s1. The van der Waals surface area contributed by atoms with Crippen LogP contribution in [0.1, 0.15) is 194 Å². The molecule has 0 rings (SSSR count). The molecule has 0 aromatic heterocycles. The van der Waals surface area contributed by atoms with Crippen molar-refractivity contribution in [3.63, 3.8) is 0 Å². The number of carbonyl (C=O) groups is 1. The first-order valence-electron chi connectivity index (χ1n) is 20.1. The monoisotopic (exact) mass is 708 g/mol. The quantitative estimate of drug-likeness (QED) is 0.0419. The predicted molar refractivity (Wildman–Crippen MR) is 199 cm³/mol. The van der Waals surface area contributed by atoms with Gasteiger partial charge in [0.15, 0.2) is 0 Å². The molecule has 0 aliphatic carbocycles. The lowest BCUT2D eigenvalue weighted by Gasteiger charge is -2.20. The Balaban J connectivity index is 4.10. The molecule has 10 heteroatoms. The second kappa shape index (κ2) is 36.3. The van der Waals surface area contributed by atoms with Crippen LogP contribution in [0.5, 0.6) is 0 Å². The minimum atomic E-state index is -4.47. The zero-order valence-corrected chi connectivity index (χ0v) is 32.3. The summed E-state index contributed by atoms with van der Waals surface area (Å²) in [5.74, 6) is -1.32. The van der Waals surface area contributed by atoms with Gasteiger partial charge in [0, 0.05) is 13.2 Å². The van der Waals surface area contributed by atoms with E-state index in [1.165, 1.54) is 154 Å². The molecule has 0 aliphatic rings. The molecule has 0 aromatic carbocycles. The van der Waals surface area contributed by atoms with Gasteiger partial charge in [0.1, 0.15) is 12.1 Å². The number of carboxylic acid groups (broad SMARTS) is 1. The number of nitrogens with two attached hydrogens (primary N) is 1. The molecule has 0 saturated carbocycles. The predicted octanol–water partition coefficient (Wildman–Crippen LogP) is 10.9. The van der Waals surface area contributed by atoms with E-state index in [9.17, 15) is 14.3 Å². The molecule has 3 atom stereocenters. The van der Waals surface area contributed by atoms with Crippen LogP contribution in [0, 0.1) is 0 Å². The molecule has 0 amide bonds. The Labute approximate surface area is 295 Å². The average molecular weight is 708 g/mol. The molecule has 0 heterocycles. The zero-order chi connectivity index (χ0) is 35.4. The Hall–Kier alpha value is -0.540. The van der Waals surface area contributed by atoms with Gasteiger partial charge in [-0.3, -0.25) is 13.8 Å². The number of rotatable bonds is 40. The minimum Gasteiger partial charge on any atom is -0.480 e. The third kappa shape index (κ3) is 35.3. The van der Waals surface area contributed by atoms with E-state index < -0.39 is 32.5 Å². The molecule has 0 bridgehead atoms. The molecule has 4 N–H and O–H groups in total. The van der Waals surface area contributed by atoms with Crippen LogP contribution in [0.15, 0.2) is 0 Å². The van der Waals surface area contributed by atoms with Crippen LogP contribution in [-0.2, 0) is 27.9 Å². The number of phosphoric acid groups is 1. The molecule has 0 spiro atoms. The van der Waals surface area contributed by atoms with Crippen LogP contribution in [0.3, 0.4) is 0 Å². The Morgan fingerprint density at radius 2 is 0.875 bits per heavy atom. The molecule has 48 heavy (non-hydrogen) atoms. The van der Waals surface area contributed by atoms with Crippen molar-refractivity contribution in [2.75, 3.05) is 33.0 Å². The Bertz CT molecular complexity index is 729. The first kappa shape index (κ1) is 47.5. The highest BCUT2D eigenvalue weighted by Gasteiger charge is 2.26. The van der Waals surface area contributed by atoms with E-state index in [1.54, 1.807) is 0 Å². The topological polar surface area (TPSA) is 138 Å². The normalized spacial score (nSPS) is 14.2. The largest absolute Gasteiger partial charge is 0.480 e. The molecule has 0 aliphatic heterocycles. The lowest BCUT2D eigenvalue weighted by molar-refractivity contribution is -0.139. The van der Waals surface area contributed by atoms with Gasteiger partial charge in [0.2, 0.25) is 0 Å². The van der Waals surface area contributed by atoms with Crippen molar-refractivity contribution < 1.29 is 37.9 Å². The molecular weight excluding hydrogens is 629 g/mol. The van der Waals surface area contributed by atoms with Crippen molar-refractivity contribution in [1.82, 2.24) is 0 Å². The van der Waals surface area contributed by atoms with Gasteiger partial charge < -0.3 is 25.2 Å². The van der Waals surface area contributed by atoms with Crippen molar-refractivity contribution in [2.24, 2.45) is 5.73 Å². The number of ether oxygens (including phenoxy) is 2. The summed E-state index contributed by atoms with van der Waals surface area (Å²) < 4.78 is 33.9. The van der Waals surface area contributed by atoms with E-state index in [2.05, 4.69) is 13.8 Å². The Morgan fingerprint density at radius 3 is 1.25 bits per heavy atom. The Kier molecular flexibility index (Phi) is 35.8. The number of phosphoric ester groups is 1. The van der Waals surface area contributed by atoms with Crippen molar-refractivity contribution >= 4 is 13.8 Å². The van der Waals surface area contributed by atoms with E-state index >= 15 is 0 Å². The molecule has 0 aromatic rings. The van der Waals surface area contributed by atoms with Crippen LogP contribution in [-0.4, -0.2) is 61.1 Å². The molecule has 9 nitrogen and oxygen atoms in total. The molecular formula is C38H78NO8P. The fraction of sp³-hybridized carbons (Fsp3) is 0.974. The van der Waals surface area contributed by atoms with E-state index in [1.807, 2.05) is 0 Å². The smallest absolute Gasteiger partial charge is 0.472 e. The van der Waals surface area contributed by atoms with Gasteiger partial charge in [-0.1, -0.05) is 181 Å². The van der Waals surface area contributed by atoms with E-state index in [4.69, 9.17) is 29.4 Å². The maximum atomic E-state index is 12.2. The maximum absolute atomic E-state index is 12.2. The number of aliphatic carboxylic acids is 1. The highest BCUT2D eigenvalue weighted by atomic mass is 31.2. The van der Waals surface area contributed by atoms with Crippen molar-refractivity contribution in [3.8, 4) is 0 Å². The van der Waals surface area contributed by atoms with Crippen molar-refractivity contribution in [3.05, 3.63) is 0 Å².